The van der Waals surface area contributed by atoms with E-state index in [4.69, 9.17) is 4.74 Å². The second-order valence-electron chi connectivity index (χ2n) is 9.73. The summed E-state index contributed by atoms with van der Waals surface area (Å²) in [6.45, 7) is 1.29. The Morgan fingerprint density at radius 2 is 1.62 bits per heavy atom. The SMILES string of the molecule is O=C(Nc1ccc(S(=O)(=O)N2CCOCC2)cc1)c1cnc(Nc2ccc(F)cc2)nc1N[C@H]1CC[C@H](O)CC1. The molecule has 1 aliphatic heterocycles. The van der Waals surface area contributed by atoms with E-state index in [2.05, 4.69) is 25.9 Å². The largest absolute Gasteiger partial charge is 0.393 e. The third kappa shape index (κ3) is 6.73. The summed E-state index contributed by atoms with van der Waals surface area (Å²) in [5, 5.41) is 19.0. The van der Waals surface area contributed by atoms with Crippen LogP contribution in [-0.4, -0.2) is 72.2 Å². The van der Waals surface area contributed by atoms with Gasteiger partial charge < -0.3 is 25.8 Å². The van der Waals surface area contributed by atoms with Crippen molar-refractivity contribution in [1.82, 2.24) is 14.3 Å². The number of hydrogen-bond acceptors (Lipinski definition) is 9. The van der Waals surface area contributed by atoms with Gasteiger partial charge in [0.1, 0.15) is 17.2 Å². The number of ether oxygens (including phenoxy) is 1. The Balaban J connectivity index is 1.33. The Morgan fingerprint density at radius 3 is 2.30 bits per heavy atom. The van der Waals surface area contributed by atoms with Gasteiger partial charge in [-0.15, -0.1) is 0 Å². The fourth-order valence-electron chi connectivity index (χ4n) is 4.64. The third-order valence-corrected chi connectivity index (χ3v) is 8.80. The van der Waals surface area contributed by atoms with Gasteiger partial charge in [0.05, 0.1) is 24.2 Å². The Hall–Kier alpha value is -3.65. The quantitative estimate of drug-likeness (QED) is 0.320. The molecule has 2 fully saturated rings. The van der Waals surface area contributed by atoms with Gasteiger partial charge in [0.2, 0.25) is 16.0 Å². The zero-order chi connectivity index (χ0) is 28.1. The number of sulfonamides is 1. The van der Waals surface area contributed by atoms with Gasteiger partial charge in [0, 0.05) is 36.7 Å². The van der Waals surface area contributed by atoms with Crippen LogP contribution in [0, 0.1) is 5.82 Å². The van der Waals surface area contributed by atoms with Crippen molar-refractivity contribution in [2.24, 2.45) is 0 Å². The van der Waals surface area contributed by atoms with Crippen LogP contribution < -0.4 is 16.0 Å². The van der Waals surface area contributed by atoms with Crippen molar-refractivity contribution in [3.05, 3.63) is 66.1 Å². The Morgan fingerprint density at radius 1 is 0.975 bits per heavy atom. The number of aromatic nitrogens is 2. The maximum Gasteiger partial charge on any atom is 0.260 e. The first-order valence-corrected chi connectivity index (χ1v) is 14.6. The molecule has 0 radical (unpaired) electrons. The van der Waals surface area contributed by atoms with Crippen molar-refractivity contribution in [3.8, 4) is 0 Å². The lowest BCUT2D eigenvalue weighted by Crippen LogP contribution is -2.40. The lowest BCUT2D eigenvalue weighted by Gasteiger charge is -2.27. The van der Waals surface area contributed by atoms with Crippen LogP contribution in [0.3, 0.4) is 0 Å². The summed E-state index contributed by atoms with van der Waals surface area (Å²) in [5.74, 6) is -0.313. The number of nitrogens with one attached hydrogen (secondary N) is 3. The lowest BCUT2D eigenvalue weighted by atomic mass is 9.93. The maximum atomic E-state index is 13.3. The molecule has 0 unspecified atom stereocenters. The Kier molecular flexibility index (Phi) is 8.54. The van der Waals surface area contributed by atoms with E-state index in [-0.39, 0.29) is 34.4 Å². The van der Waals surface area contributed by atoms with Crippen LogP contribution in [-0.2, 0) is 14.8 Å². The number of carbonyl (C=O) groups excluding carboxylic acids is 1. The molecule has 40 heavy (non-hydrogen) atoms. The number of morpholine rings is 1. The minimum Gasteiger partial charge on any atom is -0.393 e. The van der Waals surface area contributed by atoms with Gasteiger partial charge in [-0.05, 0) is 74.2 Å². The fourth-order valence-corrected chi connectivity index (χ4v) is 6.05. The van der Waals surface area contributed by atoms with E-state index in [1.54, 1.807) is 12.1 Å². The fraction of sp³-hybridized carbons (Fsp3) is 0.370. The average Bonchev–Trinajstić information content (AvgIpc) is 2.96. The molecule has 5 rings (SSSR count). The van der Waals surface area contributed by atoms with Crippen LogP contribution in [0.5, 0.6) is 0 Å². The first-order chi connectivity index (χ1) is 19.3. The van der Waals surface area contributed by atoms with Crippen molar-refractivity contribution >= 4 is 39.1 Å². The number of aliphatic hydroxyl groups is 1. The van der Waals surface area contributed by atoms with Gasteiger partial charge in [-0.1, -0.05) is 0 Å². The highest BCUT2D eigenvalue weighted by Crippen LogP contribution is 2.26. The highest BCUT2D eigenvalue weighted by Gasteiger charge is 2.27. The molecule has 11 nitrogen and oxygen atoms in total. The summed E-state index contributed by atoms with van der Waals surface area (Å²) in [7, 11) is -3.65. The molecule has 3 aromatic rings. The number of carbonyl (C=O) groups is 1. The van der Waals surface area contributed by atoms with Crippen LogP contribution in [0.4, 0.5) is 27.5 Å². The standard InChI is InChI=1S/C27H31FN6O5S/c28-18-1-3-21(4-2-18)32-27-29-17-24(25(33-27)30-19-5-9-22(35)10-6-19)26(36)31-20-7-11-23(12-8-20)40(37,38)34-13-15-39-16-14-34/h1-4,7-8,11-12,17,19,22,35H,5-6,9-10,13-16H2,(H,31,36)(H2,29,30,32,33)/t19-,22-. The molecule has 2 heterocycles. The Labute approximate surface area is 231 Å². The van der Waals surface area contributed by atoms with Crippen molar-refractivity contribution in [3.63, 3.8) is 0 Å². The zero-order valence-corrected chi connectivity index (χ0v) is 22.5. The Bertz CT molecular complexity index is 1420. The van der Waals surface area contributed by atoms with Gasteiger partial charge >= 0.3 is 0 Å². The number of benzene rings is 2. The van der Waals surface area contributed by atoms with E-state index < -0.39 is 15.9 Å². The molecule has 0 atom stereocenters. The third-order valence-electron chi connectivity index (χ3n) is 6.89. The second-order valence-corrected chi connectivity index (χ2v) is 11.7. The average molecular weight is 571 g/mol. The molecule has 1 amide bonds. The molecule has 1 aliphatic carbocycles. The van der Waals surface area contributed by atoms with Crippen LogP contribution in [0.2, 0.25) is 0 Å². The number of anilines is 4. The first-order valence-electron chi connectivity index (χ1n) is 13.1. The predicted octanol–water partition coefficient (Wildman–Crippen LogP) is 3.35. The summed E-state index contributed by atoms with van der Waals surface area (Å²) in [6, 6.07) is 11.7. The maximum absolute atomic E-state index is 13.3. The van der Waals surface area contributed by atoms with E-state index in [1.807, 2.05) is 0 Å². The van der Waals surface area contributed by atoms with E-state index in [0.29, 0.717) is 69.2 Å². The highest BCUT2D eigenvalue weighted by molar-refractivity contribution is 7.89. The van der Waals surface area contributed by atoms with Crippen LogP contribution in [0.25, 0.3) is 0 Å². The second kappa shape index (κ2) is 12.3. The number of hydrogen-bond donors (Lipinski definition) is 4. The first kappa shape index (κ1) is 27.9. The van der Waals surface area contributed by atoms with E-state index in [1.165, 1.54) is 46.9 Å². The number of amides is 1. The number of aliphatic hydroxyl groups excluding tert-OH is 1. The van der Waals surface area contributed by atoms with Crippen LogP contribution in [0.15, 0.2) is 59.6 Å². The molecular weight excluding hydrogens is 539 g/mol. The molecule has 1 saturated carbocycles. The smallest absolute Gasteiger partial charge is 0.260 e. The summed E-state index contributed by atoms with van der Waals surface area (Å²) >= 11 is 0. The van der Waals surface area contributed by atoms with Gasteiger partial charge in [0.15, 0.2) is 0 Å². The molecule has 13 heteroatoms. The summed E-state index contributed by atoms with van der Waals surface area (Å²) < 4.78 is 45.7. The van der Waals surface area contributed by atoms with Gasteiger partial charge in [-0.25, -0.2) is 17.8 Å². The molecule has 1 aromatic heterocycles. The topological polar surface area (TPSA) is 146 Å². The molecule has 212 valence electrons. The lowest BCUT2D eigenvalue weighted by molar-refractivity contribution is 0.0730. The summed E-state index contributed by atoms with van der Waals surface area (Å²) in [4.78, 5) is 22.2. The van der Waals surface area contributed by atoms with E-state index in [0.717, 1.165) is 0 Å². The molecule has 4 N–H and O–H groups in total. The van der Waals surface area contributed by atoms with Gasteiger partial charge in [0.25, 0.3) is 5.91 Å². The van der Waals surface area contributed by atoms with Gasteiger partial charge in [-0.2, -0.15) is 9.29 Å². The van der Waals surface area contributed by atoms with Gasteiger partial charge in [-0.3, -0.25) is 4.79 Å². The van der Waals surface area contributed by atoms with Crippen molar-refractivity contribution < 1.29 is 27.4 Å². The van der Waals surface area contributed by atoms with Crippen molar-refractivity contribution in [1.29, 1.82) is 0 Å². The van der Waals surface area contributed by atoms with Crippen molar-refractivity contribution in [2.45, 2.75) is 42.7 Å². The number of halogens is 1. The van der Waals surface area contributed by atoms with E-state index >= 15 is 0 Å². The minimum atomic E-state index is -3.65. The molecular formula is C27H31FN6O5S. The molecule has 1 saturated heterocycles. The normalized spacial score (nSPS) is 20.1. The summed E-state index contributed by atoms with van der Waals surface area (Å²) in [5.41, 5.74) is 1.18. The van der Waals surface area contributed by atoms with Crippen LogP contribution >= 0.6 is 0 Å². The number of nitrogens with zero attached hydrogens (tertiary/aromatic N) is 3. The predicted molar refractivity (Wildman–Crippen MR) is 148 cm³/mol. The minimum absolute atomic E-state index is 0.00759. The van der Waals surface area contributed by atoms with E-state index in [9.17, 15) is 22.7 Å². The zero-order valence-electron chi connectivity index (χ0n) is 21.7. The molecule has 0 bridgehead atoms. The van der Waals surface area contributed by atoms with Crippen molar-refractivity contribution in [2.75, 3.05) is 42.3 Å². The molecule has 0 spiro atoms. The molecule has 2 aliphatic rings. The molecule has 2 aromatic carbocycles. The van der Waals surface area contributed by atoms with Crippen LogP contribution in [0.1, 0.15) is 36.0 Å². The highest BCUT2D eigenvalue weighted by atomic mass is 32.2. The number of rotatable bonds is 8. The summed E-state index contributed by atoms with van der Waals surface area (Å²) in [6.07, 6.45) is 3.77. The monoisotopic (exact) mass is 570 g/mol.